The van der Waals surface area contributed by atoms with Crippen molar-refractivity contribution in [1.82, 2.24) is 10.2 Å². The van der Waals surface area contributed by atoms with Crippen molar-refractivity contribution < 1.29 is 23.1 Å². The zero-order valence-corrected chi connectivity index (χ0v) is 16.2. The number of esters is 1. The summed E-state index contributed by atoms with van der Waals surface area (Å²) < 4.78 is 22.4. The lowest BCUT2D eigenvalue weighted by atomic mass is 10.1. The van der Waals surface area contributed by atoms with Crippen molar-refractivity contribution in [2.24, 2.45) is 0 Å². The number of rotatable bonds is 7. The molecular formula is C20H18N2O5S. The summed E-state index contributed by atoms with van der Waals surface area (Å²) in [5.74, 6) is 0.140. The van der Waals surface area contributed by atoms with Crippen LogP contribution in [0.4, 0.5) is 0 Å². The van der Waals surface area contributed by atoms with E-state index >= 15 is 0 Å². The number of aromatic nitrogens is 2. The molecule has 0 aliphatic carbocycles. The van der Waals surface area contributed by atoms with Gasteiger partial charge in [0.05, 0.1) is 11.5 Å². The van der Waals surface area contributed by atoms with Crippen molar-refractivity contribution in [3.63, 3.8) is 0 Å². The average Bonchev–Trinajstić information content (AvgIpc) is 3.45. The third-order valence-electron chi connectivity index (χ3n) is 4.14. The Morgan fingerprint density at radius 1 is 1.18 bits per heavy atom. The van der Waals surface area contributed by atoms with E-state index in [1.54, 1.807) is 13.0 Å². The number of carbonyl (C=O) groups excluding carboxylic acids is 1. The van der Waals surface area contributed by atoms with Gasteiger partial charge in [-0.15, -0.1) is 21.5 Å². The number of carbonyl (C=O) groups is 1. The molecule has 144 valence electrons. The summed E-state index contributed by atoms with van der Waals surface area (Å²) >= 11 is 1.49. The van der Waals surface area contributed by atoms with Gasteiger partial charge in [-0.05, 0) is 31.4 Å². The molecule has 3 heterocycles. The highest BCUT2D eigenvalue weighted by molar-refractivity contribution is 7.13. The minimum Gasteiger partial charge on any atom is -0.449 e. The lowest BCUT2D eigenvalue weighted by Gasteiger charge is -2.09. The van der Waals surface area contributed by atoms with Crippen LogP contribution < -0.4 is 0 Å². The second-order valence-electron chi connectivity index (χ2n) is 6.01. The molecular weight excluding hydrogens is 380 g/mol. The van der Waals surface area contributed by atoms with Crippen LogP contribution in [-0.2, 0) is 16.1 Å². The highest BCUT2D eigenvalue weighted by atomic mass is 32.1. The van der Waals surface area contributed by atoms with Gasteiger partial charge in [-0.3, -0.25) is 0 Å². The molecule has 0 bridgehead atoms. The average molecular weight is 398 g/mol. The number of benzene rings is 1. The first-order chi connectivity index (χ1) is 13.7. The fourth-order valence-corrected chi connectivity index (χ4v) is 3.42. The molecule has 0 fully saturated rings. The van der Waals surface area contributed by atoms with Crippen LogP contribution >= 0.6 is 11.3 Å². The van der Waals surface area contributed by atoms with Crippen LogP contribution in [0, 0.1) is 0 Å². The summed E-state index contributed by atoms with van der Waals surface area (Å²) in [6.45, 7) is 4.35. The van der Waals surface area contributed by atoms with Gasteiger partial charge in [-0.1, -0.05) is 24.3 Å². The Morgan fingerprint density at radius 3 is 2.82 bits per heavy atom. The lowest BCUT2D eigenvalue weighted by Crippen LogP contribution is -2.11. The maximum absolute atomic E-state index is 12.8. The number of fused-ring (bicyclic) bond motifs is 1. The Balaban J connectivity index is 1.56. The van der Waals surface area contributed by atoms with E-state index in [0.717, 1.165) is 10.3 Å². The van der Waals surface area contributed by atoms with Crippen LogP contribution in [0.1, 0.15) is 42.0 Å². The van der Waals surface area contributed by atoms with E-state index in [9.17, 15) is 4.79 Å². The van der Waals surface area contributed by atoms with E-state index in [-0.39, 0.29) is 18.3 Å². The summed E-state index contributed by atoms with van der Waals surface area (Å²) in [6, 6.07) is 11.2. The summed E-state index contributed by atoms with van der Waals surface area (Å²) in [5.41, 5.74) is 1.27. The zero-order valence-electron chi connectivity index (χ0n) is 15.4. The minimum atomic E-state index is -0.720. The number of thiophene rings is 1. The smallest absolute Gasteiger partial charge is 0.375 e. The first-order valence-electron chi connectivity index (χ1n) is 8.83. The van der Waals surface area contributed by atoms with Crippen LogP contribution in [0.2, 0.25) is 0 Å². The van der Waals surface area contributed by atoms with Gasteiger partial charge in [0.15, 0.2) is 6.10 Å². The number of nitrogens with zero attached hydrogens (tertiary/aromatic N) is 2. The molecule has 8 heteroatoms. The van der Waals surface area contributed by atoms with Gasteiger partial charge >= 0.3 is 5.97 Å². The molecule has 0 saturated carbocycles. The molecule has 3 aromatic heterocycles. The molecule has 28 heavy (non-hydrogen) atoms. The van der Waals surface area contributed by atoms with Gasteiger partial charge in [0, 0.05) is 17.6 Å². The number of furan rings is 1. The molecule has 7 nitrogen and oxygen atoms in total. The SMILES string of the molecule is CCOCc1c(C(=O)O[C@@H](C)c2nnc(-c3cccs3)o2)oc2ccccc12. The van der Waals surface area contributed by atoms with E-state index in [1.807, 2.05) is 42.6 Å². The van der Waals surface area contributed by atoms with Crippen molar-refractivity contribution in [3.05, 3.63) is 59.0 Å². The molecule has 0 amide bonds. The van der Waals surface area contributed by atoms with Crippen LogP contribution in [0.15, 0.2) is 50.6 Å². The van der Waals surface area contributed by atoms with Gasteiger partial charge in [-0.25, -0.2) is 4.79 Å². The van der Waals surface area contributed by atoms with Crippen LogP contribution in [0.5, 0.6) is 0 Å². The quantitative estimate of drug-likeness (QED) is 0.405. The topological polar surface area (TPSA) is 87.6 Å². The van der Waals surface area contributed by atoms with Crippen LogP contribution in [0.3, 0.4) is 0 Å². The second-order valence-corrected chi connectivity index (χ2v) is 6.96. The van der Waals surface area contributed by atoms with E-state index < -0.39 is 12.1 Å². The first kappa shape index (κ1) is 18.4. The third-order valence-corrected chi connectivity index (χ3v) is 5.00. The standard InChI is InChI=1S/C20H18N2O5S/c1-3-24-11-14-13-7-4-5-8-15(13)26-17(14)20(23)25-12(2)18-21-22-19(27-18)16-9-6-10-28-16/h4-10,12H,3,11H2,1-2H3/t12-/m0/s1. The Kier molecular flexibility index (Phi) is 5.23. The molecule has 0 spiro atoms. The summed E-state index contributed by atoms with van der Waals surface area (Å²) in [4.78, 5) is 13.6. The third kappa shape index (κ3) is 3.56. The van der Waals surface area contributed by atoms with E-state index in [2.05, 4.69) is 10.2 Å². The predicted molar refractivity (Wildman–Crippen MR) is 103 cm³/mol. The molecule has 0 aliphatic rings. The maximum atomic E-state index is 12.8. The molecule has 4 rings (SSSR count). The molecule has 0 aliphatic heterocycles. The normalized spacial score (nSPS) is 12.4. The van der Waals surface area contributed by atoms with E-state index in [1.165, 1.54) is 11.3 Å². The maximum Gasteiger partial charge on any atom is 0.375 e. The number of para-hydroxylation sites is 1. The van der Waals surface area contributed by atoms with Crippen molar-refractivity contribution in [3.8, 4) is 10.8 Å². The summed E-state index contributed by atoms with van der Waals surface area (Å²) in [5, 5.41) is 10.8. The summed E-state index contributed by atoms with van der Waals surface area (Å²) in [7, 11) is 0. The van der Waals surface area contributed by atoms with Gasteiger partial charge < -0.3 is 18.3 Å². The Morgan fingerprint density at radius 2 is 2.04 bits per heavy atom. The van der Waals surface area contributed by atoms with Crippen molar-refractivity contribution in [2.75, 3.05) is 6.61 Å². The molecule has 1 aromatic carbocycles. The first-order valence-corrected chi connectivity index (χ1v) is 9.71. The fourth-order valence-electron chi connectivity index (χ4n) is 2.77. The van der Waals surface area contributed by atoms with Crippen molar-refractivity contribution >= 4 is 28.3 Å². The van der Waals surface area contributed by atoms with Gasteiger partial charge in [0.1, 0.15) is 5.58 Å². The molecule has 4 aromatic rings. The van der Waals surface area contributed by atoms with Gasteiger partial charge in [0.2, 0.25) is 5.76 Å². The van der Waals surface area contributed by atoms with Crippen molar-refractivity contribution in [1.29, 1.82) is 0 Å². The molecule has 1 atom stereocenters. The highest BCUT2D eigenvalue weighted by Crippen LogP contribution is 2.30. The molecule has 0 radical (unpaired) electrons. The second kappa shape index (κ2) is 7.95. The number of hydrogen-bond donors (Lipinski definition) is 0. The number of ether oxygens (including phenoxy) is 2. The predicted octanol–water partition coefficient (Wildman–Crippen LogP) is 5.00. The Bertz CT molecular complexity index is 1080. The van der Waals surface area contributed by atoms with E-state index in [4.69, 9.17) is 18.3 Å². The van der Waals surface area contributed by atoms with Crippen LogP contribution in [-0.4, -0.2) is 22.8 Å². The van der Waals surface area contributed by atoms with Gasteiger partial charge in [-0.2, -0.15) is 0 Å². The van der Waals surface area contributed by atoms with E-state index in [0.29, 0.717) is 23.6 Å². The zero-order chi connectivity index (χ0) is 19.5. The highest BCUT2D eigenvalue weighted by Gasteiger charge is 2.26. The largest absolute Gasteiger partial charge is 0.449 e. The number of hydrogen-bond acceptors (Lipinski definition) is 8. The van der Waals surface area contributed by atoms with Gasteiger partial charge in [0.25, 0.3) is 11.8 Å². The Hall–Kier alpha value is -2.97. The summed E-state index contributed by atoms with van der Waals surface area (Å²) in [6.07, 6.45) is -0.720. The van der Waals surface area contributed by atoms with Crippen molar-refractivity contribution in [2.45, 2.75) is 26.6 Å². The molecule has 0 unspecified atom stereocenters. The molecule has 0 saturated heterocycles. The Labute approximate surface area is 164 Å². The fraction of sp³-hybridized carbons (Fsp3) is 0.250. The van der Waals surface area contributed by atoms with Crippen LogP contribution in [0.25, 0.3) is 21.7 Å². The minimum absolute atomic E-state index is 0.125. The lowest BCUT2D eigenvalue weighted by molar-refractivity contribution is 0.0240. The molecule has 0 N–H and O–H groups in total. The monoisotopic (exact) mass is 398 g/mol.